The third-order valence-corrected chi connectivity index (χ3v) is 8.50. The molecule has 0 radical (unpaired) electrons. The molecule has 1 N–H and O–H groups in total. The van der Waals surface area contributed by atoms with Gasteiger partial charge in [0.2, 0.25) is 0 Å². The van der Waals surface area contributed by atoms with Gasteiger partial charge in [0.1, 0.15) is 5.78 Å². The van der Waals surface area contributed by atoms with Crippen molar-refractivity contribution in [3.8, 4) is 6.07 Å². The molecule has 4 aliphatic carbocycles. The zero-order valence-electron chi connectivity index (χ0n) is 15.0. The molecule has 3 fully saturated rings. The molecule has 0 heterocycles. The number of aliphatic hydroxyl groups excluding tert-OH is 1. The van der Waals surface area contributed by atoms with Crippen molar-refractivity contribution in [1.82, 2.24) is 0 Å². The van der Waals surface area contributed by atoms with Crippen LogP contribution in [0, 0.1) is 45.8 Å². The van der Waals surface area contributed by atoms with E-state index in [0.29, 0.717) is 36.4 Å². The van der Waals surface area contributed by atoms with Gasteiger partial charge in [0, 0.05) is 12.8 Å². The predicted octanol–water partition coefficient (Wildman–Crippen LogP) is 4.02. The number of Topliss-reactive ketones (excluding diaryl/α,β-unsaturated/α-hetero) is 1. The Labute approximate surface area is 145 Å². The van der Waals surface area contributed by atoms with Gasteiger partial charge >= 0.3 is 0 Å². The van der Waals surface area contributed by atoms with Crippen LogP contribution in [-0.4, -0.2) is 17.5 Å². The van der Waals surface area contributed by atoms with E-state index < -0.39 is 0 Å². The lowest BCUT2D eigenvalue weighted by molar-refractivity contribution is -0.122. The van der Waals surface area contributed by atoms with Crippen molar-refractivity contribution in [3.05, 3.63) is 11.1 Å². The summed E-state index contributed by atoms with van der Waals surface area (Å²) in [6.45, 7) is 4.81. The maximum Gasteiger partial charge on any atom is 0.136 e. The average Bonchev–Trinajstić information content (AvgIpc) is 2.91. The molecule has 4 aliphatic rings. The fourth-order valence-electron chi connectivity index (χ4n) is 7.12. The summed E-state index contributed by atoms with van der Waals surface area (Å²) in [6, 6.07) is 2.59. The van der Waals surface area contributed by atoms with Crippen LogP contribution in [0.4, 0.5) is 0 Å². The Morgan fingerprint density at radius 1 is 1.21 bits per heavy atom. The smallest absolute Gasteiger partial charge is 0.136 e. The third-order valence-electron chi connectivity index (χ3n) is 8.50. The molecule has 3 unspecified atom stereocenters. The number of allylic oxidation sites excluding steroid dienone is 1. The molecule has 24 heavy (non-hydrogen) atoms. The number of carbonyl (C=O) groups excluding carboxylic acids is 1. The quantitative estimate of drug-likeness (QED) is 0.740. The molecule has 0 aromatic heterocycles. The topological polar surface area (TPSA) is 61.1 Å². The summed E-state index contributed by atoms with van der Waals surface area (Å²) in [5.41, 5.74) is 2.69. The van der Waals surface area contributed by atoms with E-state index in [1.54, 1.807) is 0 Å². The Balaban J connectivity index is 1.75. The molecule has 0 bridgehead atoms. The number of rotatable bonds is 1. The fourth-order valence-corrected chi connectivity index (χ4v) is 7.12. The summed E-state index contributed by atoms with van der Waals surface area (Å²) in [7, 11) is 0. The number of hydrogen-bond donors (Lipinski definition) is 1. The minimum absolute atomic E-state index is 0.0982. The van der Waals surface area contributed by atoms with Crippen molar-refractivity contribution in [2.45, 2.75) is 65.2 Å². The second-order valence-electron chi connectivity index (χ2n) is 9.26. The number of hydrogen-bond acceptors (Lipinski definition) is 3. The van der Waals surface area contributed by atoms with Gasteiger partial charge < -0.3 is 5.11 Å². The lowest BCUT2D eigenvalue weighted by Crippen LogP contribution is -2.51. The first-order valence-electron chi connectivity index (χ1n) is 9.67. The average molecular weight is 327 g/mol. The maximum absolute atomic E-state index is 12.0. The number of carbonyl (C=O) groups is 1. The molecule has 3 saturated carbocycles. The van der Waals surface area contributed by atoms with Crippen LogP contribution in [0.2, 0.25) is 0 Å². The molecule has 6 atom stereocenters. The minimum atomic E-state index is 0.0982. The lowest BCUT2D eigenvalue weighted by Gasteiger charge is -2.58. The van der Waals surface area contributed by atoms with Gasteiger partial charge in [-0.1, -0.05) is 19.4 Å². The Hall–Kier alpha value is -1.14. The molecule has 3 nitrogen and oxygen atoms in total. The van der Waals surface area contributed by atoms with Crippen molar-refractivity contribution >= 4 is 5.78 Å². The summed E-state index contributed by atoms with van der Waals surface area (Å²) in [5, 5.41) is 19.6. The standard InChI is InChI=1S/C21H29NO2/c1-20-8-6-18-16(17(20)4-3-14(20)11-22)9-13(12-23)19-10-15(24)5-7-21(18,19)2/h14,16-18,23H,3-10,12H2,1-2H3/t14-,16?,17?,18?,20-,21-/m1/s1. The molecular formula is C21H29NO2. The van der Waals surface area contributed by atoms with Crippen molar-refractivity contribution in [2.24, 2.45) is 34.5 Å². The van der Waals surface area contributed by atoms with Crippen molar-refractivity contribution in [3.63, 3.8) is 0 Å². The van der Waals surface area contributed by atoms with Crippen LogP contribution >= 0.6 is 0 Å². The number of nitriles is 1. The Morgan fingerprint density at radius 3 is 2.71 bits per heavy atom. The van der Waals surface area contributed by atoms with Crippen LogP contribution in [0.25, 0.3) is 0 Å². The molecule has 0 aromatic rings. The van der Waals surface area contributed by atoms with Gasteiger partial charge in [-0.3, -0.25) is 4.79 Å². The summed E-state index contributed by atoms with van der Waals surface area (Å²) in [6.07, 6.45) is 7.73. The van der Waals surface area contributed by atoms with E-state index >= 15 is 0 Å². The van der Waals surface area contributed by atoms with Crippen LogP contribution < -0.4 is 0 Å². The van der Waals surface area contributed by atoms with Gasteiger partial charge in [-0.15, -0.1) is 0 Å². The Kier molecular flexibility index (Phi) is 3.69. The summed E-state index contributed by atoms with van der Waals surface area (Å²) in [4.78, 5) is 12.0. The van der Waals surface area contributed by atoms with E-state index in [4.69, 9.17) is 0 Å². The molecule has 0 amide bonds. The monoisotopic (exact) mass is 327 g/mol. The van der Waals surface area contributed by atoms with Crippen LogP contribution in [0.5, 0.6) is 0 Å². The Bertz CT molecular complexity index is 645. The molecule has 4 rings (SSSR count). The summed E-state index contributed by atoms with van der Waals surface area (Å²) < 4.78 is 0. The largest absolute Gasteiger partial charge is 0.392 e. The van der Waals surface area contributed by atoms with Crippen molar-refractivity contribution in [1.29, 1.82) is 5.26 Å². The second kappa shape index (κ2) is 5.43. The number of aliphatic hydroxyl groups is 1. The van der Waals surface area contributed by atoms with Crippen LogP contribution in [0.1, 0.15) is 65.2 Å². The SMILES string of the molecule is C[C@]12CCC(=O)CC1=C(CO)CC1C2CC[C@@]2(C)C1CC[C@@H]2C#N. The highest BCUT2D eigenvalue weighted by molar-refractivity contribution is 5.83. The van der Waals surface area contributed by atoms with Crippen LogP contribution in [-0.2, 0) is 4.79 Å². The zero-order valence-corrected chi connectivity index (χ0v) is 15.0. The van der Waals surface area contributed by atoms with Crippen LogP contribution in [0.15, 0.2) is 11.1 Å². The maximum atomic E-state index is 12.0. The first-order valence-corrected chi connectivity index (χ1v) is 9.67. The number of fused-ring (bicyclic) bond motifs is 5. The molecule has 0 aliphatic heterocycles. The molecular weight excluding hydrogens is 298 g/mol. The number of ketones is 1. The Morgan fingerprint density at radius 2 is 2.00 bits per heavy atom. The molecule has 0 aromatic carbocycles. The summed E-state index contributed by atoms with van der Waals surface area (Å²) >= 11 is 0. The molecule has 3 heteroatoms. The van der Waals surface area contributed by atoms with E-state index in [9.17, 15) is 15.2 Å². The van der Waals surface area contributed by atoms with Crippen molar-refractivity contribution < 1.29 is 9.90 Å². The van der Waals surface area contributed by atoms with Gasteiger partial charge in [-0.05, 0) is 72.7 Å². The van der Waals surface area contributed by atoms with E-state index in [0.717, 1.165) is 31.3 Å². The lowest BCUT2D eigenvalue weighted by atomic mass is 9.46. The minimum Gasteiger partial charge on any atom is -0.392 e. The highest BCUT2D eigenvalue weighted by Gasteiger charge is 2.59. The molecule has 130 valence electrons. The van der Waals surface area contributed by atoms with E-state index in [1.807, 2.05) is 0 Å². The molecule has 0 saturated heterocycles. The van der Waals surface area contributed by atoms with E-state index in [2.05, 4.69) is 19.9 Å². The first-order chi connectivity index (χ1) is 11.4. The van der Waals surface area contributed by atoms with Gasteiger partial charge in [0.25, 0.3) is 0 Å². The van der Waals surface area contributed by atoms with Gasteiger partial charge in [-0.25, -0.2) is 0 Å². The third kappa shape index (κ3) is 2.02. The highest BCUT2D eigenvalue weighted by atomic mass is 16.3. The zero-order chi connectivity index (χ0) is 17.1. The normalized spacial score (nSPS) is 47.7. The predicted molar refractivity (Wildman–Crippen MR) is 91.8 cm³/mol. The van der Waals surface area contributed by atoms with Gasteiger partial charge in [0.15, 0.2) is 0 Å². The van der Waals surface area contributed by atoms with Crippen molar-refractivity contribution in [2.75, 3.05) is 6.61 Å². The van der Waals surface area contributed by atoms with Gasteiger partial charge in [0.05, 0.1) is 18.6 Å². The van der Waals surface area contributed by atoms with Crippen LogP contribution in [0.3, 0.4) is 0 Å². The highest BCUT2D eigenvalue weighted by Crippen LogP contribution is 2.66. The van der Waals surface area contributed by atoms with E-state index in [-0.39, 0.29) is 23.4 Å². The second-order valence-corrected chi connectivity index (χ2v) is 9.26. The van der Waals surface area contributed by atoms with Gasteiger partial charge in [-0.2, -0.15) is 5.26 Å². The number of nitrogens with zero attached hydrogens (tertiary/aromatic N) is 1. The first kappa shape index (κ1) is 16.3. The summed E-state index contributed by atoms with van der Waals surface area (Å²) in [5.74, 6) is 2.38. The fraction of sp³-hybridized carbons (Fsp3) is 0.810. The molecule has 0 spiro atoms. The van der Waals surface area contributed by atoms with E-state index in [1.165, 1.54) is 18.4 Å².